The van der Waals surface area contributed by atoms with E-state index in [-0.39, 0.29) is 12.5 Å². The highest BCUT2D eigenvalue weighted by molar-refractivity contribution is 14.1. The smallest absolute Gasteiger partial charge is 0.255 e. The quantitative estimate of drug-likeness (QED) is 0.216. The summed E-state index contributed by atoms with van der Waals surface area (Å²) in [6.07, 6.45) is 3.28. The second kappa shape index (κ2) is 11.2. The molecule has 3 rings (SSSR count). The number of rotatable bonds is 10. The van der Waals surface area contributed by atoms with E-state index in [0.29, 0.717) is 34.7 Å². The lowest BCUT2D eigenvalue weighted by molar-refractivity contribution is 0.0964. The van der Waals surface area contributed by atoms with Gasteiger partial charge in [0, 0.05) is 22.7 Å². The number of thiol groups is 1. The maximum atomic E-state index is 12.7. The number of carbonyl (C=O) groups excluding carboxylic acids is 1. The van der Waals surface area contributed by atoms with Crippen LogP contribution < -0.4 is 5.32 Å². The number of hydrogen-bond acceptors (Lipinski definition) is 5. The third-order valence-corrected chi connectivity index (χ3v) is 7.00. The average molecular weight is 568 g/mol. The first-order chi connectivity index (χ1) is 15.4. The van der Waals surface area contributed by atoms with Crippen LogP contribution in [0.5, 0.6) is 0 Å². The largest absolute Gasteiger partial charge is 0.437 e. The molecule has 9 heteroatoms. The van der Waals surface area contributed by atoms with Crippen LogP contribution in [0, 0.1) is 10.5 Å². The Morgan fingerprint density at radius 1 is 1.25 bits per heavy atom. The second-order valence-corrected chi connectivity index (χ2v) is 9.60. The highest BCUT2D eigenvalue weighted by Gasteiger charge is 2.24. The summed E-state index contributed by atoms with van der Waals surface area (Å²) in [5.74, 6) is 0.186. The average Bonchev–Trinajstić information content (AvgIpc) is 3.16. The molecule has 0 aliphatic carbocycles. The van der Waals surface area contributed by atoms with Crippen molar-refractivity contribution in [3.8, 4) is 11.3 Å². The van der Waals surface area contributed by atoms with E-state index in [1.807, 2.05) is 30.3 Å². The zero-order chi connectivity index (χ0) is 23.3. The molecule has 3 aromatic rings. The van der Waals surface area contributed by atoms with Crippen LogP contribution in [0.25, 0.3) is 22.4 Å². The van der Waals surface area contributed by atoms with Gasteiger partial charge in [0.1, 0.15) is 5.76 Å². The van der Waals surface area contributed by atoms with Gasteiger partial charge in [0.25, 0.3) is 5.91 Å². The van der Waals surface area contributed by atoms with Crippen molar-refractivity contribution in [3.05, 3.63) is 57.6 Å². The molecule has 0 saturated carbocycles. The molecule has 0 aliphatic rings. The Labute approximate surface area is 203 Å². The Bertz CT molecular complexity index is 1160. The van der Waals surface area contributed by atoms with Crippen LogP contribution in [0.1, 0.15) is 47.8 Å². The number of nitrogens with one attached hydrogen (secondary N) is 1. The molecule has 1 radical (unpaired) electrons. The summed E-state index contributed by atoms with van der Waals surface area (Å²) < 4.78 is 31.7. The predicted molar refractivity (Wildman–Crippen MR) is 135 cm³/mol. The van der Waals surface area contributed by atoms with Gasteiger partial charge in [0.05, 0.1) is 23.2 Å². The van der Waals surface area contributed by atoms with Crippen LogP contribution in [0.4, 0.5) is 0 Å². The number of pyridine rings is 1. The Morgan fingerprint density at radius 2 is 1.97 bits per heavy atom. The van der Waals surface area contributed by atoms with Crippen molar-refractivity contribution in [1.29, 1.82) is 0 Å². The van der Waals surface area contributed by atoms with E-state index in [9.17, 15) is 13.2 Å². The number of aromatic nitrogens is 1. The third-order valence-electron chi connectivity index (χ3n) is 5.27. The molecule has 0 bridgehead atoms. The summed E-state index contributed by atoms with van der Waals surface area (Å²) in [4.78, 5) is 17.3. The molecule has 2 heterocycles. The lowest BCUT2D eigenvalue weighted by Crippen LogP contribution is -2.24. The number of hydrogen-bond donors (Lipinski definition) is 2. The Kier molecular flexibility index (Phi) is 8.66. The number of carbonyl (C=O) groups is 1. The van der Waals surface area contributed by atoms with Gasteiger partial charge in [-0.05, 0) is 47.1 Å². The summed E-state index contributed by atoms with van der Waals surface area (Å²) >= 11 is 2.13. The van der Waals surface area contributed by atoms with Crippen molar-refractivity contribution in [3.63, 3.8) is 0 Å². The van der Waals surface area contributed by atoms with E-state index in [4.69, 9.17) is 4.42 Å². The van der Waals surface area contributed by atoms with E-state index in [0.717, 1.165) is 34.8 Å². The Morgan fingerprint density at radius 3 is 2.56 bits per heavy atom. The first kappa shape index (κ1) is 24.7. The lowest BCUT2D eigenvalue weighted by Gasteiger charge is -2.15. The van der Waals surface area contributed by atoms with E-state index in [1.54, 1.807) is 7.05 Å². The molecule has 0 saturated heterocycles. The van der Waals surface area contributed by atoms with Gasteiger partial charge in [0.2, 0.25) is 16.6 Å². The summed E-state index contributed by atoms with van der Waals surface area (Å²) in [6, 6.07) is 9.71. The predicted octanol–water partition coefficient (Wildman–Crippen LogP) is 4.35. The molecule has 1 N–H and O–H groups in total. The third kappa shape index (κ3) is 5.49. The molecule has 0 unspecified atom stereocenters. The maximum absolute atomic E-state index is 12.7. The Balaban J connectivity index is 2.06. The van der Waals surface area contributed by atoms with Crippen molar-refractivity contribution < 1.29 is 17.6 Å². The molecule has 0 atom stereocenters. The molecule has 0 spiro atoms. The molecule has 171 valence electrons. The van der Waals surface area contributed by atoms with Gasteiger partial charge in [-0.2, -0.15) is 4.31 Å². The van der Waals surface area contributed by atoms with Crippen LogP contribution in [-0.4, -0.2) is 37.2 Å². The standard InChI is InChI=1S/C23H27IN3O4S/c1-4-6-7-12-27(32(29)30)14-19-18(24)13-17-20(22(28)25-3)21(31-23(17)26-19)16-10-8-15(5-2)9-11-16/h8-11,13,32H,1,4-7,12,14H2,2-3H3,(H,25,28). The minimum absolute atomic E-state index is 0.153. The Hall–Kier alpha value is -1.98. The summed E-state index contributed by atoms with van der Waals surface area (Å²) in [6.45, 7) is 6.45. The van der Waals surface area contributed by atoms with Crippen molar-refractivity contribution >= 4 is 50.5 Å². The number of fused-ring (bicyclic) bond motifs is 1. The van der Waals surface area contributed by atoms with E-state index >= 15 is 0 Å². The fourth-order valence-corrected chi connectivity index (χ4v) is 4.61. The molecule has 2 aromatic heterocycles. The number of aryl methyl sites for hydroxylation is 1. The minimum Gasteiger partial charge on any atom is -0.437 e. The molecule has 0 aliphatic heterocycles. The van der Waals surface area contributed by atoms with Crippen LogP contribution in [0.3, 0.4) is 0 Å². The van der Waals surface area contributed by atoms with Crippen LogP contribution in [0.2, 0.25) is 0 Å². The first-order valence-electron chi connectivity index (χ1n) is 10.5. The fourth-order valence-electron chi connectivity index (χ4n) is 3.45. The van der Waals surface area contributed by atoms with Crippen LogP contribution >= 0.6 is 22.6 Å². The SMILES string of the molecule is [CH2]CCCCN(Cc1nc2oc(-c3ccc(CC)cc3)c(C(=O)NC)c2cc1I)[SH](=O)=O. The zero-order valence-corrected chi connectivity index (χ0v) is 21.2. The normalized spacial score (nSPS) is 11.6. The molecule has 0 fully saturated rings. The van der Waals surface area contributed by atoms with Crippen molar-refractivity contribution in [2.75, 3.05) is 13.6 Å². The molecule has 1 amide bonds. The maximum Gasteiger partial charge on any atom is 0.255 e. The summed E-state index contributed by atoms with van der Waals surface area (Å²) in [5, 5.41) is 3.28. The molecule has 1 aromatic carbocycles. The number of unbranched alkanes of at least 4 members (excludes halogenated alkanes) is 2. The van der Waals surface area contributed by atoms with Crippen LogP contribution in [0.15, 0.2) is 34.7 Å². The van der Waals surface area contributed by atoms with E-state index < -0.39 is 10.9 Å². The first-order valence-corrected chi connectivity index (χ1v) is 12.7. The second-order valence-electron chi connectivity index (χ2n) is 7.39. The molecular formula is C23H27IN3O4S. The molecule has 7 nitrogen and oxygen atoms in total. The number of nitrogens with zero attached hydrogens (tertiary/aromatic N) is 2. The number of furan rings is 1. The number of halogens is 1. The highest BCUT2D eigenvalue weighted by Crippen LogP contribution is 2.34. The van der Waals surface area contributed by atoms with Gasteiger partial charge in [0.15, 0.2) is 0 Å². The number of benzene rings is 1. The molecular weight excluding hydrogens is 541 g/mol. The van der Waals surface area contributed by atoms with Crippen LogP contribution in [-0.2, 0) is 23.9 Å². The monoisotopic (exact) mass is 568 g/mol. The zero-order valence-electron chi connectivity index (χ0n) is 18.2. The van der Waals surface area contributed by atoms with Gasteiger partial charge < -0.3 is 9.73 Å². The summed E-state index contributed by atoms with van der Waals surface area (Å²) in [7, 11) is -1.16. The fraction of sp³-hybridized carbons (Fsp3) is 0.348. The van der Waals surface area contributed by atoms with Gasteiger partial charge in [-0.15, -0.1) is 0 Å². The van der Waals surface area contributed by atoms with Gasteiger partial charge >= 0.3 is 0 Å². The molecule has 32 heavy (non-hydrogen) atoms. The van der Waals surface area contributed by atoms with Gasteiger partial charge in [-0.3, -0.25) is 4.79 Å². The van der Waals surface area contributed by atoms with Crippen molar-refractivity contribution in [2.45, 2.75) is 39.2 Å². The summed E-state index contributed by atoms with van der Waals surface area (Å²) in [5.41, 5.74) is 3.30. The van der Waals surface area contributed by atoms with E-state index in [2.05, 4.69) is 46.7 Å². The van der Waals surface area contributed by atoms with Crippen molar-refractivity contribution in [2.24, 2.45) is 0 Å². The topological polar surface area (TPSA) is 92.5 Å². The number of amides is 1. The van der Waals surface area contributed by atoms with Crippen molar-refractivity contribution in [1.82, 2.24) is 14.6 Å². The van der Waals surface area contributed by atoms with E-state index in [1.165, 1.54) is 9.87 Å². The highest BCUT2D eigenvalue weighted by atomic mass is 127. The lowest BCUT2D eigenvalue weighted by atomic mass is 10.0. The van der Waals surface area contributed by atoms with Gasteiger partial charge in [-0.1, -0.05) is 51.0 Å². The van der Waals surface area contributed by atoms with Gasteiger partial charge in [-0.25, -0.2) is 13.4 Å². The minimum atomic E-state index is -2.74.